The zero-order chi connectivity index (χ0) is 15.5. The van der Waals surface area contributed by atoms with Crippen molar-refractivity contribution in [1.82, 2.24) is 10.3 Å². The van der Waals surface area contributed by atoms with Gasteiger partial charge in [0.15, 0.2) is 0 Å². The summed E-state index contributed by atoms with van der Waals surface area (Å²) in [5.74, 6) is -0.392. The van der Waals surface area contributed by atoms with Gasteiger partial charge >= 0.3 is 0 Å². The van der Waals surface area contributed by atoms with Crippen LogP contribution in [-0.4, -0.2) is 19.3 Å². The van der Waals surface area contributed by atoms with E-state index in [2.05, 4.69) is 10.3 Å². The lowest BCUT2D eigenvalue weighted by molar-refractivity contribution is 0.0950. The summed E-state index contributed by atoms with van der Waals surface area (Å²) in [7, 11) is -3.72. The maximum absolute atomic E-state index is 11.8. The van der Waals surface area contributed by atoms with Gasteiger partial charge in [-0.1, -0.05) is 12.1 Å². The number of carbonyl (C=O) groups excluding carboxylic acids is 1. The Labute approximate surface area is 120 Å². The minimum Gasteiger partial charge on any atom is -0.348 e. The number of carbonyl (C=O) groups is 1. The van der Waals surface area contributed by atoms with Crippen molar-refractivity contribution < 1.29 is 13.2 Å². The molecule has 0 aliphatic carbocycles. The summed E-state index contributed by atoms with van der Waals surface area (Å²) >= 11 is 0. The molecule has 1 aromatic carbocycles. The Balaban J connectivity index is 2.03. The van der Waals surface area contributed by atoms with Gasteiger partial charge in [0.1, 0.15) is 0 Å². The van der Waals surface area contributed by atoms with Gasteiger partial charge < -0.3 is 10.3 Å². The number of aromatic nitrogens is 1. The molecule has 2 aromatic rings. The Morgan fingerprint density at radius 3 is 2.43 bits per heavy atom. The molecule has 110 valence electrons. The van der Waals surface area contributed by atoms with Gasteiger partial charge in [0, 0.05) is 24.4 Å². The molecule has 0 fully saturated rings. The van der Waals surface area contributed by atoms with Gasteiger partial charge in [-0.25, -0.2) is 13.6 Å². The summed E-state index contributed by atoms with van der Waals surface area (Å²) in [6, 6.07) is 8.52. The molecule has 7 nitrogen and oxygen atoms in total. The van der Waals surface area contributed by atoms with Gasteiger partial charge in [-0.3, -0.25) is 9.59 Å². The van der Waals surface area contributed by atoms with E-state index in [-0.39, 0.29) is 22.6 Å². The smallest absolute Gasteiger partial charge is 0.251 e. The fourth-order valence-corrected chi connectivity index (χ4v) is 2.18. The van der Waals surface area contributed by atoms with Gasteiger partial charge in [0.25, 0.3) is 5.91 Å². The minimum absolute atomic E-state index is 0.00664. The van der Waals surface area contributed by atoms with Crippen LogP contribution in [0.4, 0.5) is 0 Å². The molecule has 1 amide bonds. The molecule has 0 aliphatic heterocycles. The molecular formula is C13H13N3O4S. The van der Waals surface area contributed by atoms with Gasteiger partial charge in [-0.2, -0.15) is 0 Å². The second-order valence-electron chi connectivity index (χ2n) is 4.31. The van der Waals surface area contributed by atoms with Crippen LogP contribution in [0.15, 0.2) is 52.3 Å². The van der Waals surface area contributed by atoms with E-state index in [0.29, 0.717) is 5.56 Å². The Kier molecular flexibility index (Phi) is 4.20. The zero-order valence-corrected chi connectivity index (χ0v) is 11.7. The Hall–Kier alpha value is -2.45. The first kappa shape index (κ1) is 14.9. The highest BCUT2D eigenvalue weighted by molar-refractivity contribution is 7.89. The summed E-state index contributed by atoms with van der Waals surface area (Å²) in [6.07, 6.45) is 1.39. The SMILES string of the molecule is NS(=O)(=O)c1ccc(CNC(=O)c2cc[nH]c(=O)c2)cc1. The van der Waals surface area contributed by atoms with Crippen LogP contribution in [0.1, 0.15) is 15.9 Å². The quantitative estimate of drug-likeness (QED) is 0.733. The number of H-pyrrole nitrogens is 1. The molecule has 2 rings (SSSR count). The predicted molar refractivity (Wildman–Crippen MR) is 76.0 cm³/mol. The molecule has 0 radical (unpaired) electrons. The van der Waals surface area contributed by atoms with Crippen molar-refractivity contribution in [2.24, 2.45) is 5.14 Å². The van der Waals surface area contributed by atoms with Crippen molar-refractivity contribution >= 4 is 15.9 Å². The number of nitrogens with two attached hydrogens (primary N) is 1. The molecule has 0 spiro atoms. The molecule has 8 heteroatoms. The number of nitrogens with one attached hydrogen (secondary N) is 2. The van der Waals surface area contributed by atoms with Gasteiger partial charge in [-0.05, 0) is 23.8 Å². The molecule has 0 bridgehead atoms. The second-order valence-corrected chi connectivity index (χ2v) is 5.87. The van der Waals surface area contributed by atoms with E-state index in [0.717, 1.165) is 0 Å². The number of hydrogen-bond acceptors (Lipinski definition) is 4. The summed E-state index contributed by atoms with van der Waals surface area (Å²) in [4.78, 5) is 25.3. The van der Waals surface area contributed by atoms with Crippen molar-refractivity contribution in [2.75, 3.05) is 0 Å². The molecule has 0 saturated carbocycles. The summed E-state index contributed by atoms with van der Waals surface area (Å²) in [5, 5.41) is 7.62. The van der Waals surface area contributed by atoms with Crippen LogP contribution < -0.4 is 16.0 Å². The van der Waals surface area contributed by atoms with Gasteiger partial charge in [0.2, 0.25) is 15.6 Å². The Morgan fingerprint density at radius 1 is 1.19 bits per heavy atom. The van der Waals surface area contributed by atoms with Crippen LogP contribution in [0.3, 0.4) is 0 Å². The van der Waals surface area contributed by atoms with E-state index in [1.807, 2.05) is 0 Å². The predicted octanol–water partition coefficient (Wildman–Crippen LogP) is -0.0477. The number of rotatable bonds is 4. The number of sulfonamides is 1. The summed E-state index contributed by atoms with van der Waals surface area (Å²) < 4.78 is 22.2. The highest BCUT2D eigenvalue weighted by atomic mass is 32.2. The number of benzene rings is 1. The molecule has 0 saturated heterocycles. The molecule has 1 heterocycles. The number of primary sulfonamides is 1. The number of amides is 1. The van der Waals surface area contributed by atoms with E-state index in [1.165, 1.54) is 30.5 Å². The summed E-state index contributed by atoms with van der Waals surface area (Å²) in [6.45, 7) is 0.205. The molecule has 0 aliphatic rings. The molecular weight excluding hydrogens is 294 g/mol. The topological polar surface area (TPSA) is 122 Å². The first-order chi connectivity index (χ1) is 9.86. The van der Waals surface area contributed by atoms with E-state index < -0.39 is 15.9 Å². The minimum atomic E-state index is -3.72. The average Bonchev–Trinajstić information content (AvgIpc) is 2.44. The molecule has 0 unspecified atom stereocenters. The van der Waals surface area contributed by atoms with E-state index in [9.17, 15) is 18.0 Å². The number of aromatic amines is 1. The van der Waals surface area contributed by atoms with Crippen molar-refractivity contribution in [3.8, 4) is 0 Å². The van der Waals surface area contributed by atoms with Crippen LogP contribution in [0, 0.1) is 0 Å². The second kappa shape index (κ2) is 5.90. The normalized spacial score (nSPS) is 11.1. The lowest BCUT2D eigenvalue weighted by atomic mass is 10.2. The van der Waals surface area contributed by atoms with Gasteiger partial charge in [0.05, 0.1) is 4.90 Å². The molecule has 0 atom stereocenters. The maximum atomic E-state index is 11.8. The van der Waals surface area contributed by atoms with Crippen molar-refractivity contribution in [3.63, 3.8) is 0 Å². The third-order valence-corrected chi connectivity index (χ3v) is 3.67. The molecule has 1 aromatic heterocycles. The monoisotopic (exact) mass is 307 g/mol. The molecule has 21 heavy (non-hydrogen) atoms. The van der Waals surface area contributed by atoms with Crippen LogP contribution in [0.25, 0.3) is 0 Å². The average molecular weight is 307 g/mol. The highest BCUT2D eigenvalue weighted by Gasteiger charge is 2.08. The highest BCUT2D eigenvalue weighted by Crippen LogP contribution is 2.08. The maximum Gasteiger partial charge on any atom is 0.251 e. The fraction of sp³-hybridized carbons (Fsp3) is 0.0769. The van der Waals surface area contributed by atoms with Crippen molar-refractivity contribution in [3.05, 3.63) is 64.1 Å². The van der Waals surface area contributed by atoms with Crippen LogP contribution in [0.5, 0.6) is 0 Å². The largest absolute Gasteiger partial charge is 0.348 e. The number of pyridine rings is 1. The van der Waals surface area contributed by atoms with Crippen LogP contribution >= 0.6 is 0 Å². The fourth-order valence-electron chi connectivity index (χ4n) is 1.67. The summed E-state index contributed by atoms with van der Waals surface area (Å²) in [5.41, 5.74) is 0.598. The first-order valence-electron chi connectivity index (χ1n) is 5.95. The zero-order valence-electron chi connectivity index (χ0n) is 10.9. The van der Waals surface area contributed by atoms with Crippen molar-refractivity contribution in [2.45, 2.75) is 11.4 Å². The standard InChI is InChI=1S/C13H13N3O4S/c14-21(19,20)11-3-1-9(2-4-11)8-16-13(18)10-5-6-15-12(17)7-10/h1-7H,8H2,(H,15,17)(H,16,18)(H2,14,19,20). The van der Waals surface area contributed by atoms with Gasteiger partial charge in [-0.15, -0.1) is 0 Å². The van der Waals surface area contributed by atoms with E-state index in [4.69, 9.17) is 5.14 Å². The third kappa shape index (κ3) is 4.01. The van der Waals surface area contributed by atoms with E-state index in [1.54, 1.807) is 12.1 Å². The lowest BCUT2D eigenvalue weighted by Gasteiger charge is -2.06. The van der Waals surface area contributed by atoms with Crippen LogP contribution in [0.2, 0.25) is 0 Å². The third-order valence-electron chi connectivity index (χ3n) is 2.74. The Bertz CT molecular complexity index is 810. The molecule has 4 N–H and O–H groups in total. The van der Waals surface area contributed by atoms with E-state index >= 15 is 0 Å². The Morgan fingerprint density at radius 2 is 1.86 bits per heavy atom. The first-order valence-corrected chi connectivity index (χ1v) is 7.49. The number of hydrogen-bond donors (Lipinski definition) is 3. The van der Waals surface area contributed by atoms with Crippen LogP contribution in [-0.2, 0) is 16.6 Å². The lowest BCUT2D eigenvalue weighted by Crippen LogP contribution is -2.24. The van der Waals surface area contributed by atoms with Crippen molar-refractivity contribution in [1.29, 1.82) is 0 Å².